The van der Waals surface area contributed by atoms with Crippen molar-refractivity contribution in [3.05, 3.63) is 50.6 Å². The fraction of sp³-hybridized carbons (Fsp3) is 0.483. The average Bonchev–Trinajstić information content (AvgIpc) is 3.03. The lowest BCUT2D eigenvalue weighted by atomic mass is 9.90. The van der Waals surface area contributed by atoms with Gasteiger partial charge in [-0.2, -0.15) is 0 Å². The van der Waals surface area contributed by atoms with Crippen LogP contribution >= 0.6 is 0 Å². The quantitative estimate of drug-likeness (QED) is 0.0909. The van der Waals surface area contributed by atoms with E-state index in [4.69, 9.17) is 38.3 Å². The standard InChI is InChI=1S/C29H38O15/c1-6-22(32)39-15-28(16-40-23(33)7-2,17-41-24(34)8-3)13-38-14-29(18-42-25(35)9-4,19-43-26(36)10-5)20-44-27(37)12-11-21(30)31/h6-9H,1-4,10-20H2,5H3,(H,30,31). The summed E-state index contributed by atoms with van der Waals surface area (Å²) in [6.07, 6.45) is 2.46. The van der Waals surface area contributed by atoms with Gasteiger partial charge in [-0.15, -0.1) is 0 Å². The first-order valence-corrected chi connectivity index (χ1v) is 13.1. The lowest BCUT2D eigenvalue weighted by Crippen LogP contribution is -2.47. The molecule has 0 fully saturated rings. The highest BCUT2D eigenvalue weighted by molar-refractivity contribution is 5.82. The fourth-order valence-electron chi connectivity index (χ4n) is 2.97. The Morgan fingerprint density at radius 2 is 0.841 bits per heavy atom. The Balaban J connectivity index is 6.35. The van der Waals surface area contributed by atoms with Gasteiger partial charge in [0.25, 0.3) is 0 Å². The molecule has 15 heteroatoms. The molecule has 1 atom stereocenters. The summed E-state index contributed by atoms with van der Waals surface area (Å²) in [5, 5.41) is 8.85. The van der Waals surface area contributed by atoms with Crippen molar-refractivity contribution in [3.63, 3.8) is 0 Å². The molecule has 0 aliphatic carbocycles. The van der Waals surface area contributed by atoms with Gasteiger partial charge in [0, 0.05) is 30.7 Å². The Morgan fingerprint density at radius 1 is 0.523 bits per heavy atom. The third-order valence-corrected chi connectivity index (χ3v) is 5.48. The second-order valence-electron chi connectivity index (χ2n) is 9.31. The number of carbonyl (C=O) groups excluding carboxylic acids is 6. The molecular formula is C29H38O15. The Labute approximate surface area is 254 Å². The largest absolute Gasteiger partial charge is 0.481 e. The van der Waals surface area contributed by atoms with Gasteiger partial charge >= 0.3 is 41.8 Å². The molecule has 0 spiro atoms. The predicted molar refractivity (Wildman–Crippen MR) is 149 cm³/mol. The van der Waals surface area contributed by atoms with Crippen molar-refractivity contribution in [3.8, 4) is 0 Å². The Morgan fingerprint density at radius 3 is 1.14 bits per heavy atom. The van der Waals surface area contributed by atoms with Crippen molar-refractivity contribution < 1.29 is 71.8 Å². The molecule has 0 aromatic heterocycles. The number of esters is 6. The van der Waals surface area contributed by atoms with Crippen LogP contribution in [0.25, 0.3) is 0 Å². The third kappa shape index (κ3) is 16.6. The molecule has 0 heterocycles. The molecule has 0 radical (unpaired) electrons. The summed E-state index contributed by atoms with van der Waals surface area (Å²) in [4.78, 5) is 82.6. The van der Waals surface area contributed by atoms with Gasteiger partial charge < -0.3 is 38.3 Å². The van der Waals surface area contributed by atoms with Crippen LogP contribution in [-0.4, -0.2) is 99.7 Å². The second-order valence-corrected chi connectivity index (χ2v) is 9.31. The van der Waals surface area contributed by atoms with Crippen LogP contribution in [-0.2, 0) is 66.7 Å². The van der Waals surface area contributed by atoms with Crippen molar-refractivity contribution in [2.24, 2.45) is 10.8 Å². The van der Waals surface area contributed by atoms with Gasteiger partial charge in [0.05, 0.1) is 36.9 Å². The number of aliphatic carboxylic acids is 1. The summed E-state index contributed by atoms with van der Waals surface area (Å²) < 4.78 is 37.0. The van der Waals surface area contributed by atoms with E-state index in [1.54, 1.807) is 0 Å². The van der Waals surface area contributed by atoms with E-state index in [-0.39, 0.29) is 6.42 Å². The molecular weight excluding hydrogens is 588 g/mol. The van der Waals surface area contributed by atoms with Crippen LogP contribution in [0, 0.1) is 10.8 Å². The van der Waals surface area contributed by atoms with Crippen LogP contribution in [0.2, 0.25) is 0 Å². The van der Waals surface area contributed by atoms with Crippen LogP contribution in [0.5, 0.6) is 0 Å². The third-order valence-electron chi connectivity index (χ3n) is 5.48. The zero-order valence-corrected chi connectivity index (χ0v) is 24.6. The van der Waals surface area contributed by atoms with Gasteiger partial charge in [0.15, 0.2) is 0 Å². The fourth-order valence-corrected chi connectivity index (χ4v) is 2.97. The number of carboxylic acid groups (broad SMARTS) is 1. The van der Waals surface area contributed by atoms with Crippen LogP contribution in [0.3, 0.4) is 0 Å². The predicted octanol–water partition coefficient (Wildman–Crippen LogP) is 1.25. The minimum atomic E-state index is -1.55. The minimum absolute atomic E-state index is 0.0249. The maximum atomic E-state index is 12.2. The average molecular weight is 627 g/mol. The van der Waals surface area contributed by atoms with E-state index in [2.05, 4.69) is 26.3 Å². The molecule has 0 saturated heterocycles. The molecule has 0 rings (SSSR count). The molecule has 1 N–H and O–H groups in total. The monoisotopic (exact) mass is 626 g/mol. The molecule has 0 saturated carbocycles. The molecule has 244 valence electrons. The highest BCUT2D eigenvalue weighted by atomic mass is 16.6. The summed E-state index contributed by atoms with van der Waals surface area (Å²) in [5.74, 6) is -6.24. The first kappa shape index (κ1) is 39.2. The zero-order chi connectivity index (χ0) is 33.6. The number of hydrogen-bond donors (Lipinski definition) is 1. The minimum Gasteiger partial charge on any atom is -0.481 e. The lowest BCUT2D eigenvalue weighted by Gasteiger charge is -2.35. The van der Waals surface area contributed by atoms with Crippen LogP contribution in [0.4, 0.5) is 0 Å². The van der Waals surface area contributed by atoms with E-state index >= 15 is 0 Å². The normalized spacial score (nSPS) is 11.8. The Kier molecular flexibility index (Phi) is 18.7. The summed E-state index contributed by atoms with van der Waals surface area (Å²) in [7, 11) is 0. The van der Waals surface area contributed by atoms with Crippen LogP contribution < -0.4 is 0 Å². The number of ether oxygens (including phenoxy) is 7. The topological polar surface area (TPSA) is 204 Å². The lowest BCUT2D eigenvalue weighted by molar-refractivity contribution is -0.172. The highest BCUT2D eigenvalue weighted by Gasteiger charge is 2.40. The van der Waals surface area contributed by atoms with Gasteiger partial charge in [0.2, 0.25) is 0 Å². The SMILES string of the molecule is C=CC(=O)OCC(COCC(COC(=O)C=C)(COC(=O)CC)COC(=O)CCC(=O)O)(COC(=O)C=C)COC(=O)C=C. The summed E-state index contributed by atoms with van der Waals surface area (Å²) >= 11 is 0. The number of rotatable bonds is 24. The molecule has 15 nitrogen and oxygen atoms in total. The molecule has 0 aromatic rings. The maximum absolute atomic E-state index is 12.2. The van der Waals surface area contributed by atoms with Crippen LogP contribution in [0.15, 0.2) is 50.6 Å². The first-order valence-electron chi connectivity index (χ1n) is 13.1. The van der Waals surface area contributed by atoms with E-state index in [1.165, 1.54) is 6.92 Å². The second kappa shape index (κ2) is 21.0. The van der Waals surface area contributed by atoms with Crippen molar-refractivity contribution in [2.45, 2.75) is 26.2 Å². The molecule has 0 amide bonds. The Hall–Kier alpha value is -4.79. The number of carboxylic acids is 1. The Bertz CT molecular complexity index is 1020. The van der Waals surface area contributed by atoms with Gasteiger partial charge in [-0.05, 0) is 0 Å². The molecule has 0 aliphatic rings. The van der Waals surface area contributed by atoms with Gasteiger partial charge in [-0.1, -0.05) is 33.2 Å². The smallest absolute Gasteiger partial charge is 0.330 e. The molecule has 44 heavy (non-hydrogen) atoms. The van der Waals surface area contributed by atoms with Gasteiger partial charge in [0.1, 0.15) is 39.6 Å². The molecule has 0 bridgehead atoms. The summed E-state index contributed by atoms with van der Waals surface area (Å²) in [5.41, 5.74) is -3.08. The van der Waals surface area contributed by atoms with E-state index in [0.717, 1.165) is 24.3 Å². The number of hydrogen-bond acceptors (Lipinski definition) is 14. The van der Waals surface area contributed by atoms with Crippen molar-refractivity contribution in [1.29, 1.82) is 0 Å². The van der Waals surface area contributed by atoms with Crippen LogP contribution in [0.1, 0.15) is 26.2 Å². The first-order chi connectivity index (χ1) is 20.8. The summed E-state index contributed by atoms with van der Waals surface area (Å²) in [6, 6.07) is 0. The molecule has 0 aliphatic heterocycles. The van der Waals surface area contributed by atoms with E-state index < -0.39 is 118 Å². The van der Waals surface area contributed by atoms with Gasteiger partial charge in [-0.25, -0.2) is 19.2 Å². The van der Waals surface area contributed by atoms with Crippen molar-refractivity contribution >= 4 is 41.8 Å². The van der Waals surface area contributed by atoms with Crippen molar-refractivity contribution in [2.75, 3.05) is 52.9 Å². The maximum Gasteiger partial charge on any atom is 0.330 e. The molecule has 0 aromatic carbocycles. The highest BCUT2D eigenvalue weighted by Crippen LogP contribution is 2.26. The zero-order valence-electron chi connectivity index (χ0n) is 24.6. The van der Waals surface area contributed by atoms with Gasteiger partial charge in [-0.3, -0.25) is 14.4 Å². The molecule has 1 unspecified atom stereocenters. The summed E-state index contributed by atoms with van der Waals surface area (Å²) in [6.45, 7) is 10.7. The van der Waals surface area contributed by atoms with E-state index in [0.29, 0.717) is 0 Å². The van der Waals surface area contributed by atoms with E-state index in [9.17, 15) is 33.6 Å². The van der Waals surface area contributed by atoms with E-state index in [1.807, 2.05) is 0 Å². The number of carbonyl (C=O) groups is 7. The van der Waals surface area contributed by atoms with Crippen molar-refractivity contribution in [1.82, 2.24) is 0 Å².